The van der Waals surface area contributed by atoms with Crippen molar-refractivity contribution in [2.75, 3.05) is 10.6 Å². The summed E-state index contributed by atoms with van der Waals surface area (Å²) in [6.07, 6.45) is 0. The van der Waals surface area contributed by atoms with Gasteiger partial charge in [0.15, 0.2) is 0 Å². The fourth-order valence-electron chi connectivity index (χ4n) is 2.01. The highest BCUT2D eigenvalue weighted by Crippen LogP contribution is 2.24. The lowest BCUT2D eigenvalue weighted by Gasteiger charge is -2.17. The van der Waals surface area contributed by atoms with E-state index in [1.54, 1.807) is 31.2 Å². The van der Waals surface area contributed by atoms with E-state index in [1.165, 1.54) is 12.1 Å². The first-order valence-electron chi connectivity index (χ1n) is 6.33. The Hall–Kier alpha value is -2.63. The SMILES string of the molecule is CC(Nc1cccc(NC(N)=O)c1)c1ccc(F)cc1F. The molecule has 4 nitrogen and oxygen atoms in total. The second-order valence-electron chi connectivity index (χ2n) is 4.60. The number of hydrogen-bond donors (Lipinski definition) is 3. The molecule has 1 unspecified atom stereocenters. The molecule has 0 radical (unpaired) electrons. The average molecular weight is 291 g/mol. The Labute approximate surface area is 121 Å². The lowest BCUT2D eigenvalue weighted by Crippen LogP contribution is -2.19. The molecule has 2 rings (SSSR count). The van der Waals surface area contributed by atoms with Gasteiger partial charge >= 0.3 is 6.03 Å². The quantitative estimate of drug-likeness (QED) is 0.805. The molecule has 0 aromatic heterocycles. The summed E-state index contributed by atoms with van der Waals surface area (Å²) in [6.45, 7) is 1.75. The molecule has 21 heavy (non-hydrogen) atoms. The number of amides is 2. The number of benzene rings is 2. The van der Waals surface area contributed by atoms with E-state index in [4.69, 9.17) is 5.73 Å². The van der Waals surface area contributed by atoms with Crippen LogP contribution in [0.15, 0.2) is 42.5 Å². The van der Waals surface area contributed by atoms with Crippen LogP contribution in [-0.2, 0) is 0 Å². The minimum atomic E-state index is -0.662. The molecule has 2 aromatic carbocycles. The number of nitrogens with two attached hydrogens (primary N) is 1. The molecule has 0 aliphatic heterocycles. The maximum atomic E-state index is 13.7. The van der Waals surface area contributed by atoms with Gasteiger partial charge in [0.25, 0.3) is 0 Å². The zero-order valence-corrected chi connectivity index (χ0v) is 11.4. The average Bonchev–Trinajstić information content (AvgIpc) is 2.37. The van der Waals surface area contributed by atoms with Gasteiger partial charge in [0.2, 0.25) is 0 Å². The Balaban J connectivity index is 2.15. The maximum absolute atomic E-state index is 13.7. The molecule has 0 aliphatic rings. The highest BCUT2D eigenvalue weighted by molar-refractivity contribution is 5.88. The highest BCUT2D eigenvalue weighted by Gasteiger charge is 2.11. The summed E-state index contributed by atoms with van der Waals surface area (Å²) < 4.78 is 26.6. The Morgan fingerprint density at radius 2 is 1.86 bits per heavy atom. The smallest absolute Gasteiger partial charge is 0.316 e. The molecule has 0 saturated carbocycles. The molecule has 6 heteroatoms. The molecule has 4 N–H and O–H groups in total. The maximum Gasteiger partial charge on any atom is 0.316 e. The van der Waals surface area contributed by atoms with Crippen LogP contribution in [0.3, 0.4) is 0 Å². The van der Waals surface area contributed by atoms with Crippen molar-refractivity contribution in [2.24, 2.45) is 5.73 Å². The van der Waals surface area contributed by atoms with Crippen LogP contribution < -0.4 is 16.4 Å². The number of nitrogens with one attached hydrogen (secondary N) is 2. The van der Waals surface area contributed by atoms with E-state index in [1.807, 2.05) is 0 Å². The number of primary amides is 1. The van der Waals surface area contributed by atoms with Gasteiger partial charge in [0.05, 0.1) is 6.04 Å². The van der Waals surface area contributed by atoms with Gasteiger partial charge in [-0.15, -0.1) is 0 Å². The van der Waals surface area contributed by atoms with Gasteiger partial charge in [-0.25, -0.2) is 13.6 Å². The highest BCUT2D eigenvalue weighted by atomic mass is 19.1. The van der Waals surface area contributed by atoms with Crippen molar-refractivity contribution in [2.45, 2.75) is 13.0 Å². The van der Waals surface area contributed by atoms with Crippen LogP contribution >= 0.6 is 0 Å². The van der Waals surface area contributed by atoms with Crippen LogP contribution in [0.1, 0.15) is 18.5 Å². The van der Waals surface area contributed by atoms with Crippen LogP contribution in [0.5, 0.6) is 0 Å². The predicted molar refractivity (Wildman–Crippen MR) is 78.0 cm³/mol. The molecule has 110 valence electrons. The number of halogens is 2. The summed E-state index contributed by atoms with van der Waals surface area (Å²) in [5.74, 6) is -1.22. The summed E-state index contributed by atoms with van der Waals surface area (Å²) in [6, 6.07) is 9.26. The molecule has 2 amide bonds. The zero-order chi connectivity index (χ0) is 15.4. The summed E-state index contributed by atoms with van der Waals surface area (Å²) in [4.78, 5) is 10.8. The van der Waals surface area contributed by atoms with Crippen molar-refractivity contribution in [1.29, 1.82) is 0 Å². The van der Waals surface area contributed by atoms with Gasteiger partial charge in [0, 0.05) is 23.0 Å². The second kappa shape index (κ2) is 6.21. The summed E-state index contributed by atoms with van der Waals surface area (Å²) in [7, 11) is 0. The summed E-state index contributed by atoms with van der Waals surface area (Å²) in [5, 5.41) is 5.53. The van der Waals surface area contributed by atoms with Crippen LogP contribution in [-0.4, -0.2) is 6.03 Å². The van der Waals surface area contributed by atoms with E-state index in [0.29, 0.717) is 16.9 Å². The van der Waals surface area contributed by atoms with Crippen molar-refractivity contribution in [3.63, 3.8) is 0 Å². The number of carbonyl (C=O) groups excluding carboxylic acids is 1. The van der Waals surface area contributed by atoms with Gasteiger partial charge in [-0.3, -0.25) is 0 Å². The Morgan fingerprint density at radius 1 is 1.14 bits per heavy atom. The first-order valence-corrected chi connectivity index (χ1v) is 6.33. The van der Waals surface area contributed by atoms with Gasteiger partial charge in [-0.05, 0) is 31.2 Å². The molecule has 1 atom stereocenters. The van der Waals surface area contributed by atoms with Crippen molar-refractivity contribution in [3.8, 4) is 0 Å². The molecular formula is C15H15F2N3O. The largest absolute Gasteiger partial charge is 0.378 e. The first-order chi connectivity index (χ1) is 9.95. The molecule has 0 aliphatic carbocycles. The Kier molecular flexibility index (Phi) is 4.37. The van der Waals surface area contributed by atoms with Crippen LogP contribution in [0.25, 0.3) is 0 Å². The molecule has 0 fully saturated rings. The molecular weight excluding hydrogens is 276 g/mol. The number of hydrogen-bond acceptors (Lipinski definition) is 2. The third-order valence-electron chi connectivity index (χ3n) is 2.94. The van der Waals surface area contributed by atoms with Crippen LogP contribution in [0.2, 0.25) is 0 Å². The Bertz CT molecular complexity index is 661. The van der Waals surface area contributed by atoms with Crippen molar-refractivity contribution < 1.29 is 13.6 Å². The minimum Gasteiger partial charge on any atom is -0.378 e. The molecule has 2 aromatic rings. The number of anilines is 2. The monoisotopic (exact) mass is 291 g/mol. The van der Waals surface area contributed by atoms with E-state index in [2.05, 4.69) is 10.6 Å². The van der Waals surface area contributed by atoms with Crippen molar-refractivity contribution in [1.82, 2.24) is 0 Å². The van der Waals surface area contributed by atoms with Crippen LogP contribution in [0.4, 0.5) is 25.0 Å². The fourth-order valence-corrected chi connectivity index (χ4v) is 2.01. The number of carbonyl (C=O) groups is 1. The number of urea groups is 1. The fraction of sp³-hybridized carbons (Fsp3) is 0.133. The zero-order valence-electron chi connectivity index (χ0n) is 11.4. The predicted octanol–water partition coefficient (Wildman–Crippen LogP) is 3.63. The summed E-state index contributed by atoms with van der Waals surface area (Å²) >= 11 is 0. The van der Waals surface area contributed by atoms with Crippen molar-refractivity contribution in [3.05, 3.63) is 59.7 Å². The van der Waals surface area contributed by atoms with E-state index in [0.717, 1.165) is 6.07 Å². The Morgan fingerprint density at radius 3 is 2.52 bits per heavy atom. The van der Waals surface area contributed by atoms with Gasteiger partial charge in [-0.1, -0.05) is 12.1 Å². The molecule has 0 bridgehead atoms. The molecule has 0 saturated heterocycles. The van der Waals surface area contributed by atoms with Crippen molar-refractivity contribution >= 4 is 17.4 Å². The summed E-state index contributed by atoms with van der Waals surface area (Å²) in [5.41, 5.74) is 6.60. The second-order valence-corrected chi connectivity index (χ2v) is 4.60. The minimum absolute atomic E-state index is 0.352. The van der Waals surface area contributed by atoms with E-state index in [9.17, 15) is 13.6 Å². The standard InChI is InChI=1S/C15H15F2N3O/c1-9(13-6-5-10(16)7-14(13)17)19-11-3-2-4-12(8-11)20-15(18)21/h2-9,19H,1H3,(H3,18,20,21). The first kappa shape index (κ1) is 14.8. The number of rotatable bonds is 4. The third kappa shape index (κ3) is 3.92. The third-order valence-corrected chi connectivity index (χ3v) is 2.94. The molecule has 0 heterocycles. The van der Waals surface area contributed by atoms with Gasteiger partial charge in [-0.2, -0.15) is 0 Å². The van der Waals surface area contributed by atoms with Crippen LogP contribution in [0, 0.1) is 11.6 Å². The van der Waals surface area contributed by atoms with E-state index < -0.39 is 17.7 Å². The lowest BCUT2D eigenvalue weighted by atomic mass is 10.1. The van der Waals surface area contributed by atoms with Gasteiger partial charge in [0.1, 0.15) is 11.6 Å². The lowest BCUT2D eigenvalue weighted by molar-refractivity contribution is 0.259. The van der Waals surface area contributed by atoms with Gasteiger partial charge < -0.3 is 16.4 Å². The van der Waals surface area contributed by atoms with E-state index >= 15 is 0 Å². The molecule has 0 spiro atoms. The normalized spacial score (nSPS) is 11.8. The topological polar surface area (TPSA) is 67.2 Å². The van der Waals surface area contributed by atoms with E-state index in [-0.39, 0.29) is 6.04 Å².